The summed E-state index contributed by atoms with van der Waals surface area (Å²) in [5, 5.41) is 29.6. The monoisotopic (exact) mass is 652 g/mol. The highest BCUT2D eigenvalue weighted by Crippen LogP contribution is 2.31. The minimum Gasteiger partial charge on any atom is -0.487 e. The smallest absolute Gasteiger partial charge is 0.335 e. The molecule has 0 amide bonds. The van der Waals surface area contributed by atoms with Crippen LogP contribution in [-0.2, 0) is 6.61 Å². The summed E-state index contributed by atoms with van der Waals surface area (Å²) >= 11 is 4.29. The Hall–Kier alpha value is -2.98. The van der Waals surface area contributed by atoms with Gasteiger partial charge in [-0.2, -0.15) is 5.26 Å². The molecule has 0 heterocycles. The largest absolute Gasteiger partial charge is 0.487 e. The quantitative estimate of drug-likeness (QED) is 0.108. The molecule has 3 aromatic rings. The molecule has 0 aliphatic heterocycles. The van der Waals surface area contributed by atoms with Crippen molar-refractivity contribution in [2.24, 2.45) is 0 Å². The molecular formula is C23H14I2N2O5. The molecule has 0 saturated heterocycles. The van der Waals surface area contributed by atoms with Gasteiger partial charge in [0.25, 0.3) is 5.69 Å². The maximum absolute atomic E-state index is 11.0. The van der Waals surface area contributed by atoms with Crippen molar-refractivity contribution in [1.82, 2.24) is 0 Å². The van der Waals surface area contributed by atoms with Crippen LogP contribution in [0.15, 0.2) is 60.7 Å². The molecule has 1 N–H and O–H groups in total. The maximum Gasteiger partial charge on any atom is 0.335 e. The van der Waals surface area contributed by atoms with Gasteiger partial charge >= 0.3 is 5.97 Å². The van der Waals surface area contributed by atoms with Crippen LogP contribution in [0.5, 0.6) is 5.75 Å². The van der Waals surface area contributed by atoms with E-state index in [0.29, 0.717) is 16.9 Å². The van der Waals surface area contributed by atoms with Gasteiger partial charge in [0.05, 0.1) is 29.3 Å². The lowest BCUT2D eigenvalue weighted by molar-refractivity contribution is -0.384. The van der Waals surface area contributed by atoms with E-state index in [4.69, 9.17) is 9.84 Å². The number of allylic oxidation sites excluding steroid dienone is 1. The molecule has 7 nitrogen and oxygen atoms in total. The Bertz CT molecular complexity index is 1240. The molecule has 160 valence electrons. The number of benzene rings is 3. The fraction of sp³-hybridized carbons (Fsp3) is 0.0435. The number of nitriles is 1. The number of non-ortho nitro benzene ring substituents is 1. The minimum atomic E-state index is -0.980. The third-order valence-corrected chi connectivity index (χ3v) is 6.01. The average Bonchev–Trinajstić information content (AvgIpc) is 2.77. The first kappa shape index (κ1) is 23.7. The highest BCUT2D eigenvalue weighted by molar-refractivity contribution is 14.1. The summed E-state index contributed by atoms with van der Waals surface area (Å²) in [7, 11) is 0. The zero-order valence-corrected chi connectivity index (χ0v) is 20.6. The molecule has 0 atom stereocenters. The lowest BCUT2D eigenvalue weighted by Crippen LogP contribution is -2.01. The van der Waals surface area contributed by atoms with E-state index in [1.807, 2.05) is 12.1 Å². The number of aromatic carboxylic acids is 1. The fourth-order valence-corrected chi connectivity index (χ4v) is 4.96. The van der Waals surface area contributed by atoms with Crippen LogP contribution in [0.4, 0.5) is 5.69 Å². The number of nitrogens with zero attached hydrogens (tertiary/aromatic N) is 2. The molecule has 0 aliphatic rings. The molecule has 0 radical (unpaired) electrons. The zero-order valence-electron chi connectivity index (χ0n) is 16.3. The molecule has 0 saturated carbocycles. The second kappa shape index (κ2) is 10.6. The second-order valence-corrected chi connectivity index (χ2v) is 8.91. The first-order valence-electron chi connectivity index (χ1n) is 9.09. The summed E-state index contributed by atoms with van der Waals surface area (Å²) in [4.78, 5) is 21.5. The number of carboxylic acid groups (broad SMARTS) is 1. The highest BCUT2D eigenvalue weighted by Gasteiger charge is 2.12. The summed E-state index contributed by atoms with van der Waals surface area (Å²) in [6.45, 7) is 0.276. The molecule has 32 heavy (non-hydrogen) atoms. The van der Waals surface area contributed by atoms with Crippen molar-refractivity contribution in [2.45, 2.75) is 6.61 Å². The number of hydrogen-bond donors (Lipinski definition) is 1. The molecule has 9 heteroatoms. The summed E-state index contributed by atoms with van der Waals surface area (Å²) < 4.78 is 7.61. The van der Waals surface area contributed by atoms with Gasteiger partial charge in [0.2, 0.25) is 0 Å². The SMILES string of the molecule is N#C/C(=C/c1cc(I)c(OCc2ccc(C(=O)O)cc2)c(I)c1)c1cccc([N+](=O)[O-])c1. The number of hydrogen-bond acceptors (Lipinski definition) is 5. The topological polar surface area (TPSA) is 113 Å². The number of halogens is 2. The Morgan fingerprint density at radius 2 is 1.75 bits per heavy atom. The van der Waals surface area contributed by atoms with Crippen LogP contribution in [0.25, 0.3) is 11.6 Å². The summed E-state index contributed by atoms with van der Waals surface area (Å²) in [5.41, 5.74) is 2.52. The Kier molecular flexibility index (Phi) is 7.81. The standard InChI is InChI=1S/C23H14I2N2O5/c24-20-9-15(8-18(12-26)17-2-1-3-19(11-17)27(30)31)10-21(25)22(20)32-13-14-4-6-16(7-5-14)23(28)29/h1-11H,13H2,(H,28,29)/b18-8-. The van der Waals surface area contributed by atoms with E-state index in [-0.39, 0.29) is 17.9 Å². The Labute approximate surface area is 210 Å². The van der Waals surface area contributed by atoms with Gasteiger partial charge in [-0.3, -0.25) is 10.1 Å². The number of carboxylic acids is 1. The number of rotatable bonds is 7. The van der Waals surface area contributed by atoms with E-state index in [9.17, 15) is 20.2 Å². The molecule has 3 rings (SSSR count). The Morgan fingerprint density at radius 3 is 2.31 bits per heavy atom. The van der Waals surface area contributed by atoms with Crippen LogP contribution >= 0.6 is 45.2 Å². The van der Waals surface area contributed by atoms with E-state index in [1.165, 1.54) is 24.3 Å². The van der Waals surface area contributed by atoms with Crippen LogP contribution in [-0.4, -0.2) is 16.0 Å². The predicted molar refractivity (Wildman–Crippen MR) is 136 cm³/mol. The highest BCUT2D eigenvalue weighted by atomic mass is 127. The third-order valence-electron chi connectivity index (χ3n) is 4.40. The lowest BCUT2D eigenvalue weighted by atomic mass is 10.0. The first-order chi connectivity index (χ1) is 15.3. The van der Waals surface area contributed by atoms with Crippen molar-refractivity contribution in [3.05, 3.63) is 100 Å². The van der Waals surface area contributed by atoms with Crippen LogP contribution in [0.1, 0.15) is 27.0 Å². The minimum absolute atomic E-state index is 0.0760. The van der Waals surface area contributed by atoms with Crippen molar-refractivity contribution >= 4 is 68.5 Å². The van der Waals surface area contributed by atoms with Crippen molar-refractivity contribution in [3.63, 3.8) is 0 Å². The number of carbonyl (C=O) groups is 1. The van der Waals surface area contributed by atoms with Crippen LogP contribution in [0.2, 0.25) is 0 Å². The predicted octanol–water partition coefficient (Wildman–Crippen LogP) is 6.15. The van der Waals surface area contributed by atoms with Gasteiger partial charge in [0, 0.05) is 12.1 Å². The molecule has 0 aromatic heterocycles. The molecular weight excluding hydrogens is 638 g/mol. The maximum atomic E-state index is 11.0. The molecule has 0 bridgehead atoms. The average molecular weight is 652 g/mol. The van der Waals surface area contributed by atoms with Crippen molar-refractivity contribution in [2.75, 3.05) is 0 Å². The molecule has 0 spiro atoms. The van der Waals surface area contributed by atoms with Crippen LogP contribution < -0.4 is 4.74 Å². The van der Waals surface area contributed by atoms with Gasteiger partial charge in [-0.05, 0) is 92.2 Å². The van der Waals surface area contributed by atoms with Gasteiger partial charge in [-0.25, -0.2) is 4.79 Å². The van der Waals surface area contributed by atoms with Crippen molar-refractivity contribution in [3.8, 4) is 11.8 Å². The molecule has 0 unspecified atom stereocenters. The van der Waals surface area contributed by atoms with Crippen molar-refractivity contribution < 1.29 is 19.6 Å². The van der Waals surface area contributed by atoms with E-state index in [1.54, 1.807) is 30.3 Å². The van der Waals surface area contributed by atoms with Crippen LogP contribution in [0.3, 0.4) is 0 Å². The van der Waals surface area contributed by atoms with Gasteiger partial charge in [0.15, 0.2) is 0 Å². The third kappa shape index (κ3) is 5.83. The zero-order chi connectivity index (χ0) is 23.3. The van der Waals surface area contributed by atoms with Crippen molar-refractivity contribution in [1.29, 1.82) is 5.26 Å². The molecule has 0 aliphatic carbocycles. The number of nitro benzene ring substituents is 1. The van der Waals surface area contributed by atoms with Gasteiger partial charge in [0.1, 0.15) is 12.4 Å². The first-order valence-corrected chi connectivity index (χ1v) is 11.2. The molecule has 3 aromatic carbocycles. The number of ether oxygens (including phenoxy) is 1. The normalized spacial score (nSPS) is 11.0. The van der Waals surface area contributed by atoms with Crippen LogP contribution in [0, 0.1) is 28.6 Å². The van der Waals surface area contributed by atoms with Gasteiger partial charge in [-0.1, -0.05) is 24.3 Å². The summed E-state index contributed by atoms with van der Waals surface area (Å²) in [6, 6.07) is 18.3. The Balaban J connectivity index is 1.83. The summed E-state index contributed by atoms with van der Waals surface area (Å²) in [5.74, 6) is -0.299. The fourth-order valence-electron chi connectivity index (χ4n) is 2.83. The van der Waals surface area contributed by atoms with E-state index in [2.05, 4.69) is 51.3 Å². The number of nitro groups is 1. The van der Waals surface area contributed by atoms with E-state index in [0.717, 1.165) is 18.3 Å². The summed E-state index contributed by atoms with van der Waals surface area (Å²) in [6.07, 6.45) is 1.68. The molecule has 0 fully saturated rings. The second-order valence-electron chi connectivity index (χ2n) is 6.58. The van der Waals surface area contributed by atoms with E-state index >= 15 is 0 Å². The lowest BCUT2D eigenvalue weighted by Gasteiger charge is -2.12. The Morgan fingerprint density at radius 1 is 1.09 bits per heavy atom. The van der Waals surface area contributed by atoms with Gasteiger partial charge in [-0.15, -0.1) is 0 Å². The van der Waals surface area contributed by atoms with E-state index < -0.39 is 10.9 Å². The van der Waals surface area contributed by atoms with Gasteiger partial charge < -0.3 is 9.84 Å².